The minimum atomic E-state index is -3.41. The summed E-state index contributed by atoms with van der Waals surface area (Å²) in [7, 11) is -3.41. The van der Waals surface area contributed by atoms with Gasteiger partial charge in [0.25, 0.3) is 0 Å². The highest BCUT2D eigenvalue weighted by Gasteiger charge is 2.25. The van der Waals surface area contributed by atoms with E-state index in [1.165, 1.54) is 0 Å². The first-order valence-corrected chi connectivity index (χ1v) is 8.96. The lowest BCUT2D eigenvalue weighted by Crippen LogP contribution is -2.31. The van der Waals surface area contributed by atoms with Crippen molar-refractivity contribution >= 4 is 32.5 Å². The molecular formula is C15H17ClN2O2S. The predicted octanol–water partition coefficient (Wildman–Crippen LogP) is 3.45. The van der Waals surface area contributed by atoms with E-state index in [1.54, 1.807) is 34.6 Å². The summed E-state index contributed by atoms with van der Waals surface area (Å²) in [6.45, 7) is 1.22. The van der Waals surface area contributed by atoms with Crippen LogP contribution in [-0.2, 0) is 10.0 Å². The molecule has 1 aliphatic rings. The molecule has 0 bridgehead atoms. The van der Waals surface area contributed by atoms with Crippen molar-refractivity contribution in [2.75, 3.05) is 13.1 Å². The monoisotopic (exact) mass is 324 g/mol. The normalized spacial score (nSPS) is 17.8. The van der Waals surface area contributed by atoms with Crippen LogP contribution in [0.1, 0.15) is 25.7 Å². The molecule has 1 aromatic heterocycles. The predicted molar refractivity (Wildman–Crippen MR) is 84.0 cm³/mol. The molecule has 0 aliphatic carbocycles. The van der Waals surface area contributed by atoms with Crippen LogP contribution in [-0.4, -0.2) is 30.8 Å². The Morgan fingerprint density at radius 3 is 2.43 bits per heavy atom. The molecule has 0 radical (unpaired) electrons. The zero-order chi connectivity index (χ0) is 14.9. The van der Waals surface area contributed by atoms with Gasteiger partial charge in [-0.25, -0.2) is 13.4 Å². The van der Waals surface area contributed by atoms with Gasteiger partial charge in [-0.2, -0.15) is 4.31 Å². The molecule has 2 heterocycles. The smallest absolute Gasteiger partial charge is 0.236 e. The van der Waals surface area contributed by atoms with E-state index in [9.17, 15) is 8.42 Å². The first-order valence-electron chi connectivity index (χ1n) is 7.14. The highest BCUT2D eigenvalue weighted by molar-refractivity contribution is 7.89. The fraction of sp³-hybridized carbons (Fsp3) is 0.400. The molecule has 0 atom stereocenters. The lowest BCUT2D eigenvalue weighted by molar-refractivity contribution is 0.424. The Hall–Kier alpha value is -1.17. The standard InChI is InChI=1S/C15H17ClN2O2S/c16-15-8-5-12-11-13(6-7-14(12)17-15)21(19,20)18-9-3-1-2-4-10-18/h5-8,11H,1-4,9-10H2. The van der Waals surface area contributed by atoms with E-state index < -0.39 is 10.0 Å². The van der Waals surface area contributed by atoms with E-state index in [1.807, 2.05) is 0 Å². The summed E-state index contributed by atoms with van der Waals surface area (Å²) in [5.41, 5.74) is 0.706. The van der Waals surface area contributed by atoms with Crippen LogP contribution >= 0.6 is 11.6 Å². The number of aromatic nitrogens is 1. The van der Waals surface area contributed by atoms with Crippen molar-refractivity contribution in [1.29, 1.82) is 0 Å². The summed E-state index contributed by atoms with van der Waals surface area (Å²) in [5, 5.41) is 1.20. The van der Waals surface area contributed by atoms with Crippen LogP contribution in [0.2, 0.25) is 5.15 Å². The Morgan fingerprint density at radius 1 is 1.00 bits per heavy atom. The zero-order valence-electron chi connectivity index (χ0n) is 11.6. The van der Waals surface area contributed by atoms with Gasteiger partial charge in [0.1, 0.15) is 5.15 Å². The molecule has 0 N–H and O–H groups in total. The number of pyridine rings is 1. The molecule has 0 amide bonds. The van der Waals surface area contributed by atoms with Crippen molar-refractivity contribution in [3.05, 3.63) is 35.5 Å². The summed E-state index contributed by atoms with van der Waals surface area (Å²) >= 11 is 5.85. The van der Waals surface area contributed by atoms with Crippen LogP contribution in [0.15, 0.2) is 35.2 Å². The van der Waals surface area contributed by atoms with Gasteiger partial charge in [-0.15, -0.1) is 0 Å². The maximum Gasteiger partial charge on any atom is 0.243 e. The SMILES string of the molecule is O=S(=O)(c1ccc2nc(Cl)ccc2c1)N1CCCCCC1. The molecule has 0 saturated carbocycles. The third kappa shape index (κ3) is 3.05. The Balaban J connectivity index is 1.99. The largest absolute Gasteiger partial charge is 0.243 e. The highest BCUT2D eigenvalue weighted by atomic mass is 35.5. The molecule has 6 heteroatoms. The summed E-state index contributed by atoms with van der Waals surface area (Å²) in [4.78, 5) is 4.52. The lowest BCUT2D eigenvalue weighted by Gasteiger charge is -2.20. The van der Waals surface area contributed by atoms with Gasteiger partial charge in [0, 0.05) is 18.5 Å². The second-order valence-electron chi connectivity index (χ2n) is 5.31. The molecule has 0 unspecified atom stereocenters. The van der Waals surface area contributed by atoms with Gasteiger partial charge in [0.05, 0.1) is 10.4 Å². The van der Waals surface area contributed by atoms with Crippen molar-refractivity contribution in [2.24, 2.45) is 0 Å². The van der Waals surface area contributed by atoms with E-state index in [0.29, 0.717) is 28.7 Å². The number of hydrogen-bond acceptors (Lipinski definition) is 3. The average molecular weight is 325 g/mol. The molecule has 3 rings (SSSR count). The third-order valence-electron chi connectivity index (χ3n) is 3.83. The van der Waals surface area contributed by atoms with E-state index in [2.05, 4.69) is 4.98 Å². The van der Waals surface area contributed by atoms with Gasteiger partial charge in [-0.1, -0.05) is 24.4 Å². The van der Waals surface area contributed by atoms with E-state index in [0.717, 1.165) is 31.1 Å². The summed E-state index contributed by atoms with van der Waals surface area (Å²) in [5.74, 6) is 0. The average Bonchev–Trinajstić information content (AvgIpc) is 2.76. The Morgan fingerprint density at radius 2 is 1.71 bits per heavy atom. The molecule has 1 saturated heterocycles. The van der Waals surface area contributed by atoms with Gasteiger partial charge < -0.3 is 0 Å². The number of rotatable bonds is 2. The van der Waals surface area contributed by atoms with Crippen LogP contribution in [0.5, 0.6) is 0 Å². The summed E-state index contributed by atoms with van der Waals surface area (Å²) < 4.78 is 27.1. The molecule has 1 aliphatic heterocycles. The minimum Gasteiger partial charge on any atom is -0.236 e. The summed E-state index contributed by atoms with van der Waals surface area (Å²) in [6.07, 6.45) is 4.08. The molecule has 21 heavy (non-hydrogen) atoms. The lowest BCUT2D eigenvalue weighted by atomic mass is 10.2. The van der Waals surface area contributed by atoms with Crippen LogP contribution < -0.4 is 0 Å². The number of hydrogen-bond donors (Lipinski definition) is 0. The number of fused-ring (bicyclic) bond motifs is 1. The van der Waals surface area contributed by atoms with Gasteiger partial charge >= 0.3 is 0 Å². The molecule has 1 fully saturated rings. The van der Waals surface area contributed by atoms with E-state index in [4.69, 9.17) is 11.6 Å². The van der Waals surface area contributed by atoms with Crippen molar-refractivity contribution < 1.29 is 8.42 Å². The van der Waals surface area contributed by atoms with E-state index in [-0.39, 0.29) is 0 Å². The van der Waals surface area contributed by atoms with Gasteiger partial charge in [-0.3, -0.25) is 0 Å². The van der Waals surface area contributed by atoms with Gasteiger partial charge in [-0.05, 0) is 43.2 Å². The Labute approximate surface area is 129 Å². The zero-order valence-corrected chi connectivity index (χ0v) is 13.2. The molecular weight excluding hydrogens is 308 g/mol. The fourth-order valence-corrected chi connectivity index (χ4v) is 4.38. The van der Waals surface area contributed by atoms with Crippen molar-refractivity contribution in [2.45, 2.75) is 30.6 Å². The van der Waals surface area contributed by atoms with Crippen LogP contribution in [0.25, 0.3) is 10.9 Å². The van der Waals surface area contributed by atoms with Crippen molar-refractivity contribution in [3.8, 4) is 0 Å². The number of nitrogens with zero attached hydrogens (tertiary/aromatic N) is 2. The fourth-order valence-electron chi connectivity index (χ4n) is 2.67. The minimum absolute atomic E-state index is 0.334. The molecule has 4 nitrogen and oxygen atoms in total. The first kappa shape index (κ1) is 14.8. The van der Waals surface area contributed by atoms with Crippen molar-refractivity contribution in [3.63, 3.8) is 0 Å². The topological polar surface area (TPSA) is 50.3 Å². The van der Waals surface area contributed by atoms with Gasteiger partial charge in [0.15, 0.2) is 0 Å². The molecule has 1 aromatic carbocycles. The van der Waals surface area contributed by atoms with Crippen LogP contribution in [0, 0.1) is 0 Å². The Bertz CT molecular complexity index is 753. The molecule has 2 aromatic rings. The second kappa shape index (κ2) is 5.91. The quantitative estimate of drug-likeness (QED) is 0.795. The van der Waals surface area contributed by atoms with Crippen molar-refractivity contribution in [1.82, 2.24) is 9.29 Å². The first-order chi connectivity index (χ1) is 10.1. The third-order valence-corrected chi connectivity index (χ3v) is 5.93. The number of halogens is 1. The number of sulfonamides is 1. The molecule has 0 spiro atoms. The van der Waals surface area contributed by atoms with Gasteiger partial charge in [0.2, 0.25) is 10.0 Å². The second-order valence-corrected chi connectivity index (χ2v) is 7.63. The number of benzene rings is 1. The van der Waals surface area contributed by atoms with E-state index >= 15 is 0 Å². The maximum absolute atomic E-state index is 12.7. The molecule has 112 valence electrons. The summed E-state index contributed by atoms with van der Waals surface area (Å²) in [6, 6.07) is 8.48. The van der Waals surface area contributed by atoms with Crippen LogP contribution in [0.4, 0.5) is 0 Å². The van der Waals surface area contributed by atoms with Crippen LogP contribution in [0.3, 0.4) is 0 Å². The Kier molecular flexibility index (Phi) is 4.15. The maximum atomic E-state index is 12.7. The highest BCUT2D eigenvalue weighted by Crippen LogP contribution is 2.24.